The third-order valence-electron chi connectivity index (χ3n) is 0.337. The standard InChI is InChI=1S/C3H7N2S/c1-2-5-3(4)6/h4H,2H2,1H3,(H,5,6). The molecule has 0 aromatic rings. The van der Waals surface area contributed by atoms with Gasteiger partial charge in [-0.1, -0.05) is 0 Å². The first kappa shape index (κ1) is 5.69. The van der Waals surface area contributed by atoms with Crippen LogP contribution in [0.4, 0.5) is 0 Å². The topological polar surface area (TPSA) is 35.8 Å². The van der Waals surface area contributed by atoms with Crippen molar-refractivity contribution in [2.24, 2.45) is 0 Å². The summed E-state index contributed by atoms with van der Waals surface area (Å²) in [5, 5.41) is 2.73. The summed E-state index contributed by atoms with van der Waals surface area (Å²) in [7, 11) is 0. The molecule has 0 aliphatic rings. The number of hydrogen-bond donors (Lipinski definition) is 1. The molecule has 0 spiro atoms. The van der Waals surface area contributed by atoms with Gasteiger partial charge in [0.2, 0.25) is 0 Å². The fourth-order valence-electron chi connectivity index (χ4n) is 0.161. The zero-order valence-corrected chi connectivity index (χ0v) is 4.43. The summed E-state index contributed by atoms with van der Waals surface area (Å²) in [6, 6.07) is 0. The number of hydrogen-bond acceptors (Lipinski definition) is 1. The average Bonchev–Trinajstić information content (AvgIpc) is 1.35. The minimum atomic E-state index is 0.123. The monoisotopic (exact) mass is 103 g/mol. The Labute approximate surface area is 42.7 Å². The van der Waals surface area contributed by atoms with Gasteiger partial charge in [0.15, 0.2) is 5.11 Å². The van der Waals surface area contributed by atoms with Crippen molar-refractivity contribution in [1.29, 1.82) is 0 Å². The maximum absolute atomic E-state index is 6.60. The van der Waals surface area contributed by atoms with Crippen molar-refractivity contribution in [2.45, 2.75) is 6.92 Å². The summed E-state index contributed by atoms with van der Waals surface area (Å²) in [6.07, 6.45) is 0. The van der Waals surface area contributed by atoms with Gasteiger partial charge >= 0.3 is 0 Å². The van der Waals surface area contributed by atoms with E-state index in [0.29, 0.717) is 0 Å². The van der Waals surface area contributed by atoms with Crippen molar-refractivity contribution in [1.82, 2.24) is 11.1 Å². The highest BCUT2D eigenvalue weighted by Crippen LogP contribution is 1.55. The van der Waals surface area contributed by atoms with Crippen molar-refractivity contribution >= 4 is 17.3 Å². The Morgan fingerprint density at radius 3 is 2.50 bits per heavy atom. The van der Waals surface area contributed by atoms with Gasteiger partial charge < -0.3 is 5.32 Å². The molecule has 0 aromatic carbocycles. The van der Waals surface area contributed by atoms with E-state index >= 15 is 0 Å². The van der Waals surface area contributed by atoms with Crippen LogP contribution in [0.3, 0.4) is 0 Å². The van der Waals surface area contributed by atoms with Crippen molar-refractivity contribution < 1.29 is 0 Å². The molecule has 0 atom stereocenters. The van der Waals surface area contributed by atoms with Crippen molar-refractivity contribution in [2.75, 3.05) is 6.54 Å². The zero-order chi connectivity index (χ0) is 4.99. The molecule has 0 aliphatic carbocycles. The van der Waals surface area contributed by atoms with Crippen LogP contribution in [0.2, 0.25) is 0 Å². The van der Waals surface area contributed by atoms with Crippen LogP contribution in [0.1, 0.15) is 6.92 Å². The maximum atomic E-state index is 6.60. The highest BCUT2D eigenvalue weighted by molar-refractivity contribution is 7.80. The molecule has 0 aromatic heterocycles. The van der Waals surface area contributed by atoms with Gasteiger partial charge in [0.1, 0.15) is 0 Å². The van der Waals surface area contributed by atoms with E-state index in [1.165, 1.54) is 0 Å². The highest BCUT2D eigenvalue weighted by atomic mass is 32.1. The van der Waals surface area contributed by atoms with Crippen LogP contribution in [-0.4, -0.2) is 11.7 Å². The first-order valence-electron chi connectivity index (χ1n) is 1.76. The Kier molecular flexibility index (Phi) is 2.75. The summed E-state index contributed by atoms with van der Waals surface area (Å²) in [5.74, 6) is 0. The second-order valence-electron chi connectivity index (χ2n) is 0.859. The molecule has 0 saturated carbocycles. The van der Waals surface area contributed by atoms with Gasteiger partial charge in [-0.3, -0.25) is 5.73 Å². The van der Waals surface area contributed by atoms with Gasteiger partial charge in [0, 0.05) is 6.54 Å². The lowest BCUT2D eigenvalue weighted by atomic mass is 10.8. The molecule has 1 radical (unpaired) electrons. The molecule has 3 heteroatoms. The molecule has 0 aliphatic heterocycles. The van der Waals surface area contributed by atoms with E-state index in [4.69, 9.17) is 5.73 Å². The van der Waals surface area contributed by atoms with Crippen LogP contribution in [0.15, 0.2) is 0 Å². The summed E-state index contributed by atoms with van der Waals surface area (Å²) < 4.78 is 0. The smallest absolute Gasteiger partial charge is 0.185 e. The Balaban J connectivity index is 2.83. The van der Waals surface area contributed by atoms with Crippen molar-refractivity contribution in [3.63, 3.8) is 0 Å². The van der Waals surface area contributed by atoms with Crippen LogP contribution in [-0.2, 0) is 0 Å². The number of nitrogens with one attached hydrogen (secondary N) is 2. The maximum Gasteiger partial charge on any atom is 0.185 e. The lowest BCUT2D eigenvalue weighted by Gasteiger charge is -1.91. The van der Waals surface area contributed by atoms with E-state index < -0.39 is 0 Å². The van der Waals surface area contributed by atoms with Crippen LogP contribution in [0.5, 0.6) is 0 Å². The third kappa shape index (κ3) is 3.69. The van der Waals surface area contributed by atoms with Crippen molar-refractivity contribution in [3.05, 3.63) is 0 Å². The zero-order valence-electron chi connectivity index (χ0n) is 3.62. The van der Waals surface area contributed by atoms with E-state index in [2.05, 4.69) is 17.5 Å². The van der Waals surface area contributed by atoms with Crippen LogP contribution >= 0.6 is 12.2 Å². The van der Waals surface area contributed by atoms with Crippen molar-refractivity contribution in [3.8, 4) is 0 Å². The SMILES string of the molecule is CCNC([NH])=S. The molecular weight excluding hydrogens is 96.1 g/mol. The second-order valence-corrected chi connectivity index (χ2v) is 1.27. The van der Waals surface area contributed by atoms with E-state index in [1.807, 2.05) is 6.92 Å². The van der Waals surface area contributed by atoms with E-state index in [-0.39, 0.29) is 5.11 Å². The molecule has 0 bridgehead atoms. The van der Waals surface area contributed by atoms with E-state index in [9.17, 15) is 0 Å². The summed E-state index contributed by atoms with van der Waals surface area (Å²) in [6.45, 7) is 2.66. The largest absolute Gasteiger partial charge is 0.362 e. The summed E-state index contributed by atoms with van der Waals surface area (Å²) in [5.41, 5.74) is 6.60. The van der Waals surface area contributed by atoms with Gasteiger partial charge in [-0.05, 0) is 19.1 Å². The normalized spacial score (nSPS) is 7.50. The lowest BCUT2D eigenvalue weighted by Crippen LogP contribution is -2.20. The molecule has 0 rings (SSSR count). The molecule has 2 nitrogen and oxygen atoms in total. The molecular formula is C3H7N2S. The number of rotatable bonds is 1. The average molecular weight is 103 g/mol. The van der Waals surface area contributed by atoms with Crippen LogP contribution < -0.4 is 11.1 Å². The van der Waals surface area contributed by atoms with E-state index in [1.54, 1.807) is 0 Å². The molecule has 6 heavy (non-hydrogen) atoms. The Hall–Kier alpha value is -0.310. The minimum Gasteiger partial charge on any atom is -0.362 e. The Morgan fingerprint density at radius 1 is 2.00 bits per heavy atom. The van der Waals surface area contributed by atoms with Crippen LogP contribution in [0.25, 0.3) is 0 Å². The van der Waals surface area contributed by atoms with Crippen LogP contribution in [0, 0.1) is 0 Å². The first-order chi connectivity index (χ1) is 2.77. The Bertz CT molecular complexity index is 52.8. The Morgan fingerprint density at radius 2 is 2.50 bits per heavy atom. The molecule has 35 valence electrons. The minimum absolute atomic E-state index is 0.123. The predicted molar refractivity (Wildman–Crippen MR) is 29.4 cm³/mol. The quantitative estimate of drug-likeness (QED) is 0.480. The molecule has 2 N–H and O–H groups in total. The molecule has 0 amide bonds. The summed E-state index contributed by atoms with van der Waals surface area (Å²) in [4.78, 5) is 0. The highest BCUT2D eigenvalue weighted by Gasteiger charge is 1.75. The fraction of sp³-hybridized carbons (Fsp3) is 0.667. The molecule has 0 unspecified atom stereocenters. The van der Waals surface area contributed by atoms with Gasteiger partial charge in [-0.15, -0.1) is 0 Å². The third-order valence-corrected chi connectivity index (χ3v) is 0.482. The van der Waals surface area contributed by atoms with Gasteiger partial charge in [-0.2, -0.15) is 0 Å². The predicted octanol–water partition coefficient (Wildman–Crippen LogP) is 0.164. The summed E-state index contributed by atoms with van der Waals surface area (Å²) >= 11 is 4.35. The van der Waals surface area contributed by atoms with Gasteiger partial charge in [-0.25, -0.2) is 0 Å². The van der Waals surface area contributed by atoms with E-state index in [0.717, 1.165) is 6.54 Å². The fourth-order valence-corrected chi connectivity index (χ4v) is 0.305. The lowest BCUT2D eigenvalue weighted by molar-refractivity contribution is 0.969. The number of thiocarbonyl (C=S) groups is 1. The van der Waals surface area contributed by atoms with Gasteiger partial charge in [0.05, 0.1) is 0 Å². The molecule has 0 saturated heterocycles. The second kappa shape index (κ2) is 2.90. The molecule has 0 heterocycles. The van der Waals surface area contributed by atoms with Gasteiger partial charge in [0.25, 0.3) is 0 Å². The molecule has 0 fully saturated rings. The first-order valence-corrected chi connectivity index (χ1v) is 2.17.